The SMILES string of the molecule is CC1CN(C(=O)[C@@H]2CCCC[C@@H]2C(=O)O)C(C)CO1. The monoisotopic (exact) mass is 269 g/mol. The highest BCUT2D eigenvalue weighted by molar-refractivity contribution is 5.85. The predicted octanol–water partition coefficient (Wildman–Crippen LogP) is 1.51. The maximum atomic E-state index is 12.6. The summed E-state index contributed by atoms with van der Waals surface area (Å²) >= 11 is 0. The molecule has 19 heavy (non-hydrogen) atoms. The fourth-order valence-electron chi connectivity index (χ4n) is 3.15. The van der Waals surface area contributed by atoms with E-state index in [1.807, 2.05) is 18.7 Å². The number of nitrogens with zero attached hydrogens (tertiary/aromatic N) is 1. The van der Waals surface area contributed by atoms with E-state index in [-0.39, 0.29) is 24.0 Å². The summed E-state index contributed by atoms with van der Waals surface area (Å²) in [7, 11) is 0. The Labute approximate surface area is 113 Å². The molecule has 0 aromatic heterocycles. The van der Waals surface area contributed by atoms with Gasteiger partial charge >= 0.3 is 5.97 Å². The molecule has 2 aliphatic rings. The molecule has 2 fully saturated rings. The molecule has 1 aliphatic heterocycles. The van der Waals surface area contributed by atoms with Gasteiger partial charge in [-0.05, 0) is 26.7 Å². The number of carbonyl (C=O) groups excluding carboxylic acids is 1. The van der Waals surface area contributed by atoms with Crippen molar-refractivity contribution in [1.29, 1.82) is 0 Å². The van der Waals surface area contributed by atoms with Crippen molar-refractivity contribution in [3.8, 4) is 0 Å². The number of amides is 1. The molecule has 1 saturated carbocycles. The van der Waals surface area contributed by atoms with Gasteiger partial charge in [-0.25, -0.2) is 0 Å². The van der Waals surface area contributed by atoms with Gasteiger partial charge < -0.3 is 14.7 Å². The largest absolute Gasteiger partial charge is 0.481 e. The first-order valence-electron chi connectivity index (χ1n) is 7.15. The third-order valence-electron chi connectivity index (χ3n) is 4.29. The third kappa shape index (κ3) is 3.08. The number of carbonyl (C=O) groups is 2. The molecule has 1 heterocycles. The van der Waals surface area contributed by atoms with Crippen LogP contribution < -0.4 is 0 Å². The van der Waals surface area contributed by atoms with E-state index in [2.05, 4.69) is 0 Å². The van der Waals surface area contributed by atoms with Gasteiger partial charge in [-0.2, -0.15) is 0 Å². The third-order valence-corrected chi connectivity index (χ3v) is 4.29. The molecule has 5 heteroatoms. The number of carboxylic acid groups (broad SMARTS) is 1. The molecule has 1 saturated heterocycles. The Bertz CT molecular complexity index is 357. The molecular weight excluding hydrogens is 246 g/mol. The lowest BCUT2D eigenvalue weighted by molar-refractivity contribution is -0.158. The molecule has 5 nitrogen and oxygen atoms in total. The van der Waals surface area contributed by atoms with Crippen LogP contribution >= 0.6 is 0 Å². The first-order chi connectivity index (χ1) is 9.00. The molecule has 1 N–H and O–H groups in total. The molecule has 0 aromatic carbocycles. The number of carboxylic acids is 1. The molecule has 108 valence electrons. The minimum absolute atomic E-state index is 0.00903. The lowest BCUT2D eigenvalue weighted by atomic mass is 9.78. The second-order valence-electron chi connectivity index (χ2n) is 5.82. The minimum atomic E-state index is -0.827. The standard InChI is InChI=1S/C14H23NO4/c1-9-8-19-10(2)7-15(9)13(16)11-5-3-4-6-12(11)14(17)18/h9-12H,3-8H2,1-2H3,(H,17,18)/t9?,10?,11-,12+/m1/s1. The number of hydrogen-bond donors (Lipinski definition) is 1. The zero-order chi connectivity index (χ0) is 14.0. The van der Waals surface area contributed by atoms with Gasteiger partial charge in [0.25, 0.3) is 0 Å². The van der Waals surface area contributed by atoms with E-state index >= 15 is 0 Å². The number of hydrogen-bond acceptors (Lipinski definition) is 3. The highest BCUT2D eigenvalue weighted by atomic mass is 16.5. The van der Waals surface area contributed by atoms with Crippen LogP contribution in [0.15, 0.2) is 0 Å². The van der Waals surface area contributed by atoms with Gasteiger partial charge in [-0.1, -0.05) is 12.8 Å². The summed E-state index contributed by atoms with van der Waals surface area (Å²) in [5.74, 6) is -1.67. The van der Waals surface area contributed by atoms with E-state index in [4.69, 9.17) is 4.74 Å². The molecule has 0 bridgehead atoms. The molecule has 1 aliphatic carbocycles. The van der Waals surface area contributed by atoms with Crippen LogP contribution in [0.1, 0.15) is 39.5 Å². The van der Waals surface area contributed by atoms with Gasteiger partial charge in [0.15, 0.2) is 0 Å². The van der Waals surface area contributed by atoms with Gasteiger partial charge in [0.05, 0.1) is 30.6 Å². The average Bonchev–Trinajstić information content (AvgIpc) is 2.40. The van der Waals surface area contributed by atoms with Crippen molar-refractivity contribution in [2.24, 2.45) is 11.8 Å². The summed E-state index contributed by atoms with van der Waals surface area (Å²) in [6, 6.07) is 0.0417. The van der Waals surface area contributed by atoms with E-state index in [0.717, 1.165) is 12.8 Å². The van der Waals surface area contributed by atoms with Crippen molar-refractivity contribution in [1.82, 2.24) is 4.90 Å². The van der Waals surface area contributed by atoms with Gasteiger partial charge in [-0.3, -0.25) is 9.59 Å². The minimum Gasteiger partial charge on any atom is -0.481 e. The Balaban J connectivity index is 2.10. The Morgan fingerprint density at radius 2 is 1.79 bits per heavy atom. The Morgan fingerprint density at radius 3 is 2.42 bits per heavy atom. The quantitative estimate of drug-likeness (QED) is 0.825. The van der Waals surface area contributed by atoms with Crippen LogP contribution in [0.25, 0.3) is 0 Å². The topological polar surface area (TPSA) is 66.8 Å². The Hall–Kier alpha value is -1.10. The Kier molecular flexibility index (Phi) is 4.45. The summed E-state index contributed by atoms with van der Waals surface area (Å²) in [6.45, 7) is 5.02. The smallest absolute Gasteiger partial charge is 0.307 e. The zero-order valence-electron chi connectivity index (χ0n) is 11.7. The van der Waals surface area contributed by atoms with Crippen molar-refractivity contribution < 1.29 is 19.4 Å². The first kappa shape index (κ1) is 14.3. The van der Waals surface area contributed by atoms with Crippen molar-refractivity contribution in [3.05, 3.63) is 0 Å². The normalized spacial score (nSPS) is 36.0. The van der Waals surface area contributed by atoms with E-state index in [0.29, 0.717) is 26.0 Å². The Morgan fingerprint density at radius 1 is 1.16 bits per heavy atom. The molecule has 1 amide bonds. The number of rotatable bonds is 2. The molecule has 0 aromatic rings. The van der Waals surface area contributed by atoms with Gasteiger partial charge in [0.2, 0.25) is 5.91 Å². The van der Waals surface area contributed by atoms with Gasteiger partial charge in [0, 0.05) is 6.54 Å². The van der Waals surface area contributed by atoms with Gasteiger partial charge in [-0.15, -0.1) is 0 Å². The van der Waals surface area contributed by atoms with E-state index < -0.39 is 11.9 Å². The van der Waals surface area contributed by atoms with E-state index in [1.165, 1.54) is 0 Å². The lowest BCUT2D eigenvalue weighted by Gasteiger charge is -2.40. The number of ether oxygens (including phenoxy) is 1. The maximum absolute atomic E-state index is 12.6. The summed E-state index contributed by atoms with van der Waals surface area (Å²) in [4.78, 5) is 25.8. The van der Waals surface area contributed by atoms with Crippen molar-refractivity contribution in [2.75, 3.05) is 13.2 Å². The van der Waals surface area contributed by atoms with Crippen molar-refractivity contribution in [3.63, 3.8) is 0 Å². The van der Waals surface area contributed by atoms with Crippen LogP contribution in [-0.4, -0.2) is 47.2 Å². The van der Waals surface area contributed by atoms with Crippen LogP contribution in [0.3, 0.4) is 0 Å². The average molecular weight is 269 g/mol. The molecule has 0 radical (unpaired) electrons. The molecule has 2 unspecified atom stereocenters. The molecular formula is C14H23NO4. The van der Waals surface area contributed by atoms with Crippen LogP contribution in [0, 0.1) is 11.8 Å². The molecule has 2 rings (SSSR count). The van der Waals surface area contributed by atoms with Crippen LogP contribution in [0.5, 0.6) is 0 Å². The molecule has 4 atom stereocenters. The van der Waals surface area contributed by atoms with Crippen molar-refractivity contribution in [2.45, 2.75) is 51.7 Å². The maximum Gasteiger partial charge on any atom is 0.307 e. The first-order valence-corrected chi connectivity index (χ1v) is 7.15. The number of morpholine rings is 1. The second kappa shape index (κ2) is 5.90. The van der Waals surface area contributed by atoms with Crippen LogP contribution in [0.2, 0.25) is 0 Å². The summed E-state index contributed by atoms with van der Waals surface area (Å²) in [6.07, 6.45) is 3.23. The lowest BCUT2D eigenvalue weighted by Crippen LogP contribution is -2.53. The van der Waals surface area contributed by atoms with E-state index in [9.17, 15) is 14.7 Å². The van der Waals surface area contributed by atoms with Gasteiger partial charge in [0.1, 0.15) is 0 Å². The summed E-state index contributed by atoms with van der Waals surface area (Å²) in [5.41, 5.74) is 0. The zero-order valence-corrected chi connectivity index (χ0v) is 11.7. The highest BCUT2D eigenvalue weighted by Crippen LogP contribution is 2.32. The fraction of sp³-hybridized carbons (Fsp3) is 0.857. The van der Waals surface area contributed by atoms with Crippen molar-refractivity contribution >= 4 is 11.9 Å². The molecule has 0 spiro atoms. The summed E-state index contributed by atoms with van der Waals surface area (Å²) < 4.78 is 5.52. The second-order valence-corrected chi connectivity index (χ2v) is 5.82. The highest BCUT2D eigenvalue weighted by Gasteiger charge is 2.40. The van der Waals surface area contributed by atoms with Crippen LogP contribution in [0.4, 0.5) is 0 Å². The predicted molar refractivity (Wildman–Crippen MR) is 69.7 cm³/mol. The van der Waals surface area contributed by atoms with Crippen LogP contribution in [-0.2, 0) is 14.3 Å². The number of aliphatic carboxylic acids is 1. The van der Waals surface area contributed by atoms with E-state index in [1.54, 1.807) is 0 Å². The fourth-order valence-corrected chi connectivity index (χ4v) is 3.15. The summed E-state index contributed by atoms with van der Waals surface area (Å²) in [5, 5.41) is 9.28.